The van der Waals surface area contributed by atoms with Gasteiger partial charge < -0.3 is 4.90 Å². The molecule has 1 saturated carbocycles. The van der Waals surface area contributed by atoms with Crippen LogP contribution in [0.2, 0.25) is 0 Å². The van der Waals surface area contributed by atoms with Crippen molar-refractivity contribution in [1.82, 2.24) is 4.90 Å². The molecule has 0 radical (unpaired) electrons. The summed E-state index contributed by atoms with van der Waals surface area (Å²) in [5.41, 5.74) is 1.55. The summed E-state index contributed by atoms with van der Waals surface area (Å²) in [6, 6.07) is 11.1. The summed E-state index contributed by atoms with van der Waals surface area (Å²) in [6.07, 6.45) is 4.30. The topological polar surface area (TPSA) is 3.24 Å². The molecule has 2 atom stereocenters. The van der Waals surface area contributed by atoms with Crippen molar-refractivity contribution in [3.63, 3.8) is 0 Å². The van der Waals surface area contributed by atoms with Crippen molar-refractivity contribution in [3.05, 3.63) is 35.9 Å². The lowest BCUT2D eigenvalue weighted by Gasteiger charge is -2.37. The van der Waals surface area contributed by atoms with E-state index in [0.717, 1.165) is 17.8 Å². The summed E-state index contributed by atoms with van der Waals surface area (Å²) in [5.74, 6) is 2.63. The van der Waals surface area contributed by atoms with E-state index in [-0.39, 0.29) is 0 Å². The smallest absolute Gasteiger partial charge is 0.00130 e. The molecule has 120 valence electrons. The summed E-state index contributed by atoms with van der Waals surface area (Å²) < 4.78 is 0. The van der Waals surface area contributed by atoms with E-state index in [1.807, 2.05) is 27.7 Å². The SMILES string of the molecule is CC.CC.CC1CN(CC2CC2)CCC1c1ccccc1. The molecule has 0 amide bonds. The fraction of sp³-hybridized carbons (Fsp3) is 0.700. The number of nitrogens with zero attached hydrogens (tertiary/aromatic N) is 1. The van der Waals surface area contributed by atoms with Gasteiger partial charge in [-0.1, -0.05) is 65.0 Å². The quantitative estimate of drug-likeness (QED) is 0.702. The molecule has 2 aliphatic rings. The third-order valence-electron chi connectivity index (χ3n) is 4.43. The van der Waals surface area contributed by atoms with Gasteiger partial charge in [0.2, 0.25) is 0 Å². The van der Waals surface area contributed by atoms with Gasteiger partial charge in [0, 0.05) is 13.1 Å². The number of hydrogen-bond acceptors (Lipinski definition) is 1. The molecule has 3 rings (SSSR count). The van der Waals surface area contributed by atoms with Gasteiger partial charge in [-0.2, -0.15) is 0 Å². The van der Waals surface area contributed by atoms with E-state index in [4.69, 9.17) is 0 Å². The van der Waals surface area contributed by atoms with Gasteiger partial charge in [-0.05, 0) is 49.1 Å². The monoisotopic (exact) mass is 289 g/mol. The van der Waals surface area contributed by atoms with Crippen molar-refractivity contribution in [2.45, 2.75) is 59.8 Å². The zero-order chi connectivity index (χ0) is 15.7. The maximum absolute atomic E-state index is 2.70. The third-order valence-corrected chi connectivity index (χ3v) is 4.43. The van der Waals surface area contributed by atoms with Crippen LogP contribution in [0.25, 0.3) is 0 Å². The van der Waals surface area contributed by atoms with E-state index >= 15 is 0 Å². The lowest BCUT2D eigenvalue weighted by atomic mass is 9.81. The first-order valence-corrected chi connectivity index (χ1v) is 9.10. The molecule has 1 aromatic carbocycles. The molecule has 2 fully saturated rings. The van der Waals surface area contributed by atoms with Crippen LogP contribution in [-0.2, 0) is 0 Å². The van der Waals surface area contributed by atoms with Gasteiger partial charge in [0.1, 0.15) is 0 Å². The molecule has 1 aliphatic heterocycles. The van der Waals surface area contributed by atoms with Crippen LogP contribution in [0.3, 0.4) is 0 Å². The molecule has 0 spiro atoms. The first kappa shape index (κ1) is 18.2. The Hall–Kier alpha value is -0.820. The van der Waals surface area contributed by atoms with Gasteiger partial charge in [-0.25, -0.2) is 0 Å². The summed E-state index contributed by atoms with van der Waals surface area (Å²) in [4.78, 5) is 2.70. The molecule has 21 heavy (non-hydrogen) atoms. The highest BCUT2D eigenvalue weighted by atomic mass is 15.1. The Morgan fingerprint density at radius 2 is 1.57 bits per heavy atom. The zero-order valence-electron chi connectivity index (χ0n) is 14.8. The Labute approximate surface area is 132 Å². The number of likely N-dealkylation sites (tertiary alicyclic amines) is 1. The number of benzene rings is 1. The Balaban J connectivity index is 0.000000510. The molecule has 1 aliphatic carbocycles. The van der Waals surface area contributed by atoms with E-state index in [9.17, 15) is 0 Å². The van der Waals surface area contributed by atoms with Crippen molar-refractivity contribution in [3.8, 4) is 0 Å². The molecule has 2 unspecified atom stereocenters. The zero-order valence-corrected chi connectivity index (χ0v) is 14.8. The number of rotatable bonds is 3. The second-order valence-electron chi connectivity index (χ2n) is 5.99. The largest absolute Gasteiger partial charge is 0.303 e. The highest BCUT2D eigenvalue weighted by Gasteiger charge is 2.30. The van der Waals surface area contributed by atoms with E-state index in [1.165, 1.54) is 38.9 Å². The average Bonchev–Trinajstić information content (AvgIpc) is 3.36. The molecule has 1 heteroatoms. The van der Waals surface area contributed by atoms with Crippen molar-refractivity contribution in [2.75, 3.05) is 19.6 Å². The van der Waals surface area contributed by atoms with Crippen molar-refractivity contribution < 1.29 is 0 Å². The molecule has 1 aromatic rings. The molecule has 1 heterocycles. The van der Waals surface area contributed by atoms with E-state index in [0.29, 0.717) is 0 Å². The summed E-state index contributed by atoms with van der Waals surface area (Å²) in [6.45, 7) is 14.4. The molecule has 1 saturated heterocycles. The first-order valence-electron chi connectivity index (χ1n) is 9.10. The maximum Gasteiger partial charge on any atom is 0.00130 e. The second kappa shape index (κ2) is 10.00. The molecule has 0 bridgehead atoms. The lowest BCUT2D eigenvalue weighted by molar-refractivity contribution is 0.157. The summed E-state index contributed by atoms with van der Waals surface area (Å²) in [5, 5.41) is 0. The van der Waals surface area contributed by atoms with Crippen LogP contribution in [-0.4, -0.2) is 24.5 Å². The Bertz CT molecular complexity index is 355. The predicted octanol–water partition coefficient (Wildman–Crippen LogP) is 5.57. The van der Waals surface area contributed by atoms with Crippen molar-refractivity contribution >= 4 is 0 Å². The highest BCUT2D eigenvalue weighted by molar-refractivity contribution is 5.21. The standard InChI is InChI=1S/C16H23N.2C2H6/c1-13-11-17(12-14-7-8-14)10-9-16(13)15-5-3-2-4-6-15;2*1-2/h2-6,13-14,16H,7-12H2,1H3;2*1-2H3. The fourth-order valence-electron chi connectivity index (χ4n) is 3.26. The number of hydrogen-bond donors (Lipinski definition) is 0. The van der Waals surface area contributed by atoms with Crippen LogP contribution in [0.4, 0.5) is 0 Å². The highest BCUT2D eigenvalue weighted by Crippen LogP contribution is 2.35. The normalized spacial score (nSPS) is 25.2. The summed E-state index contributed by atoms with van der Waals surface area (Å²) >= 11 is 0. The Morgan fingerprint density at radius 3 is 2.10 bits per heavy atom. The molecule has 1 nitrogen and oxygen atoms in total. The van der Waals surface area contributed by atoms with Crippen LogP contribution in [0.15, 0.2) is 30.3 Å². The Kier molecular flexibility index (Phi) is 8.68. The first-order chi connectivity index (χ1) is 10.3. The third kappa shape index (κ3) is 5.82. The summed E-state index contributed by atoms with van der Waals surface area (Å²) in [7, 11) is 0. The van der Waals surface area contributed by atoms with E-state index < -0.39 is 0 Å². The van der Waals surface area contributed by atoms with Crippen molar-refractivity contribution in [2.24, 2.45) is 11.8 Å². The molecule has 0 N–H and O–H groups in total. The lowest BCUT2D eigenvalue weighted by Crippen LogP contribution is -2.39. The molecular weight excluding hydrogens is 254 g/mol. The van der Waals surface area contributed by atoms with Crippen LogP contribution in [0, 0.1) is 11.8 Å². The van der Waals surface area contributed by atoms with Crippen LogP contribution < -0.4 is 0 Å². The molecule has 0 aromatic heterocycles. The van der Waals surface area contributed by atoms with Gasteiger partial charge in [-0.15, -0.1) is 0 Å². The van der Waals surface area contributed by atoms with Crippen molar-refractivity contribution in [1.29, 1.82) is 0 Å². The van der Waals surface area contributed by atoms with Gasteiger partial charge >= 0.3 is 0 Å². The van der Waals surface area contributed by atoms with E-state index in [1.54, 1.807) is 5.56 Å². The van der Waals surface area contributed by atoms with Gasteiger partial charge in [0.15, 0.2) is 0 Å². The van der Waals surface area contributed by atoms with Gasteiger partial charge in [0.05, 0.1) is 0 Å². The van der Waals surface area contributed by atoms with Crippen LogP contribution >= 0.6 is 0 Å². The average molecular weight is 290 g/mol. The fourth-order valence-corrected chi connectivity index (χ4v) is 3.26. The van der Waals surface area contributed by atoms with Gasteiger partial charge in [0.25, 0.3) is 0 Å². The predicted molar refractivity (Wildman–Crippen MR) is 94.8 cm³/mol. The second-order valence-corrected chi connectivity index (χ2v) is 5.99. The van der Waals surface area contributed by atoms with Crippen LogP contribution in [0.1, 0.15) is 65.4 Å². The minimum atomic E-state index is 0.784. The minimum Gasteiger partial charge on any atom is -0.303 e. The Morgan fingerprint density at radius 1 is 0.952 bits per heavy atom. The maximum atomic E-state index is 2.70. The molecular formula is C20H35N. The minimum absolute atomic E-state index is 0.784. The van der Waals surface area contributed by atoms with Crippen LogP contribution in [0.5, 0.6) is 0 Å². The number of piperidine rings is 1. The van der Waals surface area contributed by atoms with E-state index in [2.05, 4.69) is 42.2 Å². The van der Waals surface area contributed by atoms with Gasteiger partial charge in [-0.3, -0.25) is 0 Å².